The molecule has 0 atom stereocenters. The van der Waals surface area contributed by atoms with Gasteiger partial charge in [-0.15, -0.1) is 11.3 Å². The molecule has 0 N–H and O–H groups in total. The van der Waals surface area contributed by atoms with Crippen molar-refractivity contribution in [2.24, 2.45) is 0 Å². The molecule has 1 saturated heterocycles. The van der Waals surface area contributed by atoms with Crippen LogP contribution in [0.15, 0.2) is 21.7 Å². The third-order valence-corrected chi connectivity index (χ3v) is 7.01. The second kappa shape index (κ2) is 7.38. The van der Waals surface area contributed by atoms with E-state index < -0.39 is 10.0 Å². The van der Waals surface area contributed by atoms with Gasteiger partial charge in [0, 0.05) is 33.1 Å². The fourth-order valence-electron chi connectivity index (χ4n) is 2.42. The van der Waals surface area contributed by atoms with E-state index in [1.54, 1.807) is 29.5 Å². The zero-order valence-corrected chi connectivity index (χ0v) is 14.0. The number of carbonyl (C=O) groups is 1. The molecule has 0 radical (unpaired) electrons. The summed E-state index contributed by atoms with van der Waals surface area (Å²) in [5.41, 5.74) is 0. The fraction of sp³-hybridized carbons (Fsp3) is 0.643. The van der Waals surface area contributed by atoms with E-state index in [0.717, 1.165) is 32.2 Å². The van der Waals surface area contributed by atoms with E-state index in [9.17, 15) is 13.2 Å². The minimum absolute atomic E-state index is 0.0169. The van der Waals surface area contributed by atoms with Crippen LogP contribution in [0.2, 0.25) is 0 Å². The molecule has 2 heterocycles. The second-order valence-corrected chi connectivity index (χ2v) is 8.43. The zero-order valence-electron chi connectivity index (χ0n) is 12.3. The van der Waals surface area contributed by atoms with Crippen LogP contribution in [-0.4, -0.2) is 50.2 Å². The van der Waals surface area contributed by atoms with Gasteiger partial charge in [0.05, 0.1) is 0 Å². The Morgan fingerprint density at radius 3 is 2.48 bits per heavy atom. The fourth-order valence-corrected chi connectivity index (χ4v) is 5.04. The Morgan fingerprint density at radius 1 is 1.10 bits per heavy atom. The monoisotopic (exact) mass is 330 g/mol. The first-order valence-electron chi connectivity index (χ1n) is 7.29. The van der Waals surface area contributed by atoms with Crippen molar-refractivity contribution in [3.63, 3.8) is 0 Å². The molecule has 1 aromatic rings. The molecule has 7 heteroatoms. The lowest BCUT2D eigenvalue weighted by atomic mass is 10.2. The van der Waals surface area contributed by atoms with Gasteiger partial charge >= 0.3 is 0 Å². The molecule has 118 valence electrons. The first-order chi connectivity index (χ1) is 10.0. The Balaban J connectivity index is 2.14. The standard InChI is InChI=1S/C14H22N2O3S2/c1-15-9-4-2-3-5-10-16(11-8-13(15)17)21(18,19)14-7-6-12-20-14/h6-7,12H,2-5,8-11H2,1H3. The van der Waals surface area contributed by atoms with Crippen molar-refractivity contribution >= 4 is 27.3 Å². The molecule has 1 aliphatic heterocycles. The van der Waals surface area contributed by atoms with E-state index in [-0.39, 0.29) is 18.9 Å². The number of sulfonamides is 1. The number of hydrogen-bond acceptors (Lipinski definition) is 4. The molecule has 1 fully saturated rings. The highest BCUT2D eigenvalue weighted by Crippen LogP contribution is 2.22. The second-order valence-electron chi connectivity index (χ2n) is 5.32. The Labute approximate surface area is 130 Å². The predicted molar refractivity (Wildman–Crippen MR) is 83.8 cm³/mol. The van der Waals surface area contributed by atoms with E-state index in [1.165, 1.54) is 15.6 Å². The average molecular weight is 330 g/mol. The highest BCUT2D eigenvalue weighted by molar-refractivity contribution is 7.91. The highest BCUT2D eigenvalue weighted by Gasteiger charge is 2.26. The summed E-state index contributed by atoms with van der Waals surface area (Å²) in [4.78, 5) is 13.7. The maximum absolute atomic E-state index is 12.6. The summed E-state index contributed by atoms with van der Waals surface area (Å²) in [6, 6.07) is 3.36. The Kier molecular flexibility index (Phi) is 5.78. The number of hydrogen-bond donors (Lipinski definition) is 0. The number of carbonyl (C=O) groups excluding carboxylic acids is 1. The van der Waals surface area contributed by atoms with Crippen LogP contribution in [0, 0.1) is 0 Å². The van der Waals surface area contributed by atoms with E-state index in [4.69, 9.17) is 0 Å². The van der Waals surface area contributed by atoms with Gasteiger partial charge in [-0.25, -0.2) is 8.42 Å². The van der Waals surface area contributed by atoms with Gasteiger partial charge in [0.1, 0.15) is 4.21 Å². The van der Waals surface area contributed by atoms with Crippen LogP contribution in [0.5, 0.6) is 0 Å². The van der Waals surface area contributed by atoms with E-state index in [1.807, 2.05) is 0 Å². The summed E-state index contributed by atoms with van der Waals surface area (Å²) >= 11 is 1.23. The molecule has 2 rings (SSSR count). The molecular weight excluding hydrogens is 308 g/mol. The van der Waals surface area contributed by atoms with Gasteiger partial charge in [-0.3, -0.25) is 4.79 Å². The van der Waals surface area contributed by atoms with Crippen molar-refractivity contribution in [2.75, 3.05) is 26.7 Å². The maximum atomic E-state index is 12.6. The molecule has 5 nitrogen and oxygen atoms in total. The van der Waals surface area contributed by atoms with E-state index in [0.29, 0.717) is 10.8 Å². The lowest BCUT2D eigenvalue weighted by Gasteiger charge is -2.22. The van der Waals surface area contributed by atoms with Crippen LogP contribution >= 0.6 is 11.3 Å². The lowest BCUT2D eigenvalue weighted by Crippen LogP contribution is -2.36. The Morgan fingerprint density at radius 2 is 1.81 bits per heavy atom. The van der Waals surface area contributed by atoms with Crippen LogP contribution in [0.4, 0.5) is 0 Å². The molecule has 0 saturated carbocycles. The molecule has 1 aromatic heterocycles. The first-order valence-corrected chi connectivity index (χ1v) is 9.61. The van der Waals surface area contributed by atoms with Gasteiger partial charge in [-0.2, -0.15) is 4.31 Å². The molecule has 0 aromatic carbocycles. The topological polar surface area (TPSA) is 57.7 Å². The summed E-state index contributed by atoms with van der Waals surface area (Å²) in [6.45, 7) is 1.52. The lowest BCUT2D eigenvalue weighted by molar-refractivity contribution is -0.130. The number of rotatable bonds is 2. The summed E-state index contributed by atoms with van der Waals surface area (Å²) in [5.74, 6) is 0.0169. The quantitative estimate of drug-likeness (QED) is 0.835. The molecular formula is C14H22N2O3S2. The van der Waals surface area contributed by atoms with E-state index >= 15 is 0 Å². The van der Waals surface area contributed by atoms with Crippen LogP contribution in [0.3, 0.4) is 0 Å². The minimum atomic E-state index is -3.46. The number of amides is 1. The Hall–Kier alpha value is -0.920. The van der Waals surface area contributed by atoms with Crippen molar-refractivity contribution in [1.82, 2.24) is 9.21 Å². The molecule has 0 unspecified atom stereocenters. The van der Waals surface area contributed by atoms with Crippen molar-refractivity contribution in [3.8, 4) is 0 Å². The molecule has 1 amide bonds. The summed E-state index contributed by atoms with van der Waals surface area (Å²) in [7, 11) is -1.67. The number of nitrogens with zero attached hydrogens (tertiary/aromatic N) is 2. The van der Waals surface area contributed by atoms with Crippen LogP contribution in [-0.2, 0) is 14.8 Å². The van der Waals surface area contributed by atoms with Crippen LogP contribution < -0.4 is 0 Å². The third-order valence-electron chi connectivity index (χ3n) is 3.74. The predicted octanol–water partition coefficient (Wildman–Crippen LogP) is 2.16. The van der Waals surface area contributed by atoms with Crippen LogP contribution in [0.1, 0.15) is 32.1 Å². The molecule has 0 bridgehead atoms. The van der Waals surface area contributed by atoms with Gasteiger partial charge in [0.2, 0.25) is 5.91 Å². The van der Waals surface area contributed by atoms with Crippen molar-refractivity contribution in [2.45, 2.75) is 36.3 Å². The smallest absolute Gasteiger partial charge is 0.252 e. The highest BCUT2D eigenvalue weighted by atomic mass is 32.2. The normalized spacial score (nSPS) is 20.2. The minimum Gasteiger partial charge on any atom is -0.346 e. The number of thiophene rings is 1. The van der Waals surface area contributed by atoms with Gasteiger partial charge in [-0.1, -0.05) is 18.9 Å². The largest absolute Gasteiger partial charge is 0.346 e. The van der Waals surface area contributed by atoms with Gasteiger partial charge in [-0.05, 0) is 24.3 Å². The maximum Gasteiger partial charge on any atom is 0.252 e. The van der Waals surface area contributed by atoms with Gasteiger partial charge in [0.25, 0.3) is 10.0 Å². The zero-order chi connectivity index (χ0) is 15.3. The van der Waals surface area contributed by atoms with Crippen molar-refractivity contribution < 1.29 is 13.2 Å². The molecule has 1 aliphatic rings. The van der Waals surface area contributed by atoms with Gasteiger partial charge < -0.3 is 4.90 Å². The molecule has 0 spiro atoms. The van der Waals surface area contributed by atoms with E-state index in [2.05, 4.69) is 0 Å². The summed E-state index contributed by atoms with van der Waals surface area (Å²) < 4.78 is 27.0. The molecule has 0 aliphatic carbocycles. The first kappa shape index (κ1) is 16.5. The summed E-state index contributed by atoms with van der Waals surface area (Å²) in [6.07, 6.45) is 4.12. The van der Waals surface area contributed by atoms with Gasteiger partial charge in [0.15, 0.2) is 0 Å². The SMILES string of the molecule is CN1CCCCCCN(S(=O)(=O)c2cccs2)CCC1=O. The molecule has 21 heavy (non-hydrogen) atoms. The Bertz CT molecular complexity index is 555. The van der Waals surface area contributed by atoms with Crippen LogP contribution in [0.25, 0.3) is 0 Å². The van der Waals surface area contributed by atoms with Crippen molar-refractivity contribution in [1.29, 1.82) is 0 Å². The average Bonchev–Trinajstić information content (AvgIpc) is 2.98. The summed E-state index contributed by atoms with van der Waals surface area (Å²) in [5, 5.41) is 1.76. The van der Waals surface area contributed by atoms with Crippen molar-refractivity contribution in [3.05, 3.63) is 17.5 Å². The third kappa shape index (κ3) is 4.28.